The van der Waals surface area contributed by atoms with Gasteiger partial charge >= 0.3 is 0 Å². The van der Waals surface area contributed by atoms with Gasteiger partial charge in [0, 0.05) is 25.6 Å². The van der Waals surface area contributed by atoms with Crippen LogP contribution in [0.25, 0.3) is 0 Å². The number of halogens is 1. The van der Waals surface area contributed by atoms with E-state index in [2.05, 4.69) is 64.7 Å². The zero-order valence-corrected chi connectivity index (χ0v) is 18.3. The van der Waals surface area contributed by atoms with Gasteiger partial charge < -0.3 is 15.4 Å². The predicted molar refractivity (Wildman–Crippen MR) is 120 cm³/mol. The van der Waals surface area contributed by atoms with E-state index in [0.717, 1.165) is 32.1 Å². The SMILES string of the molecule is CCNC(=NCc1ccsc1)NCC1CCCOC1c1ccccc1.I. The number of benzene rings is 1. The number of guanidine groups is 1. The molecule has 1 fully saturated rings. The van der Waals surface area contributed by atoms with Crippen LogP contribution in [0.4, 0.5) is 0 Å². The highest BCUT2D eigenvalue weighted by molar-refractivity contribution is 14.0. The Hall–Kier alpha value is -1.12. The van der Waals surface area contributed by atoms with Gasteiger partial charge in [0.25, 0.3) is 0 Å². The fourth-order valence-corrected chi connectivity index (χ4v) is 3.85. The molecule has 6 heteroatoms. The second-order valence-electron chi connectivity index (χ2n) is 6.31. The van der Waals surface area contributed by atoms with E-state index in [1.807, 2.05) is 0 Å². The van der Waals surface area contributed by atoms with Crippen molar-refractivity contribution in [3.05, 3.63) is 58.3 Å². The lowest BCUT2D eigenvalue weighted by Crippen LogP contribution is -2.42. The number of hydrogen-bond donors (Lipinski definition) is 2. The van der Waals surface area contributed by atoms with Crippen molar-refractivity contribution < 1.29 is 4.74 Å². The molecule has 1 aliphatic heterocycles. The first kappa shape index (κ1) is 21.2. The largest absolute Gasteiger partial charge is 0.373 e. The molecule has 0 radical (unpaired) electrons. The Morgan fingerprint density at radius 1 is 1.23 bits per heavy atom. The van der Waals surface area contributed by atoms with E-state index >= 15 is 0 Å². The molecule has 2 heterocycles. The van der Waals surface area contributed by atoms with Crippen molar-refractivity contribution in [1.29, 1.82) is 0 Å². The summed E-state index contributed by atoms with van der Waals surface area (Å²) >= 11 is 1.71. The van der Waals surface area contributed by atoms with Crippen molar-refractivity contribution in [3.8, 4) is 0 Å². The van der Waals surface area contributed by atoms with Gasteiger partial charge in [-0.1, -0.05) is 30.3 Å². The molecule has 0 bridgehead atoms. The third kappa shape index (κ3) is 6.25. The molecular weight excluding hydrogens is 457 g/mol. The van der Waals surface area contributed by atoms with Crippen LogP contribution in [0, 0.1) is 5.92 Å². The Morgan fingerprint density at radius 2 is 2.08 bits per heavy atom. The molecule has 26 heavy (non-hydrogen) atoms. The van der Waals surface area contributed by atoms with Crippen molar-refractivity contribution >= 4 is 41.3 Å². The first-order valence-electron chi connectivity index (χ1n) is 9.06. The van der Waals surface area contributed by atoms with Gasteiger partial charge in [0.2, 0.25) is 0 Å². The normalized spacial score (nSPS) is 20.3. The second-order valence-corrected chi connectivity index (χ2v) is 7.09. The van der Waals surface area contributed by atoms with Gasteiger partial charge in [0.05, 0.1) is 12.6 Å². The lowest BCUT2D eigenvalue weighted by atomic mass is 9.89. The maximum atomic E-state index is 6.09. The third-order valence-electron chi connectivity index (χ3n) is 4.45. The van der Waals surface area contributed by atoms with Crippen molar-refractivity contribution in [2.24, 2.45) is 10.9 Å². The fourth-order valence-electron chi connectivity index (χ4n) is 3.19. The number of ether oxygens (including phenoxy) is 1. The Bertz CT molecular complexity index is 648. The summed E-state index contributed by atoms with van der Waals surface area (Å²) in [6.07, 6.45) is 2.47. The minimum atomic E-state index is 0. The van der Waals surface area contributed by atoms with Crippen LogP contribution < -0.4 is 10.6 Å². The summed E-state index contributed by atoms with van der Waals surface area (Å²) in [5, 5.41) is 11.1. The van der Waals surface area contributed by atoms with Crippen molar-refractivity contribution in [3.63, 3.8) is 0 Å². The van der Waals surface area contributed by atoms with Gasteiger partial charge in [-0.3, -0.25) is 0 Å². The summed E-state index contributed by atoms with van der Waals surface area (Å²) in [7, 11) is 0. The summed E-state index contributed by atoms with van der Waals surface area (Å²) < 4.78 is 6.09. The maximum Gasteiger partial charge on any atom is 0.191 e. The fraction of sp³-hybridized carbons (Fsp3) is 0.450. The number of nitrogens with zero attached hydrogens (tertiary/aromatic N) is 1. The van der Waals surface area contributed by atoms with E-state index in [1.54, 1.807) is 11.3 Å². The van der Waals surface area contributed by atoms with Crippen molar-refractivity contribution in [1.82, 2.24) is 10.6 Å². The minimum Gasteiger partial charge on any atom is -0.373 e. The molecule has 0 amide bonds. The highest BCUT2D eigenvalue weighted by Gasteiger charge is 2.27. The lowest BCUT2D eigenvalue weighted by Gasteiger charge is -2.32. The molecule has 2 N–H and O–H groups in total. The summed E-state index contributed by atoms with van der Waals surface area (Å²) in [5.74, 6) is 1.34. The first-order chi connectivity index (χ1) is 12.4. The van der Waals surface area contributed by atoms with Crippen LogP contribution >= 0.6 is 35.3 Å². The van der Waals surface area contributed by atoms with Crippen molar-refractivity contribution in [2.45, 2.75) is 32.4 Å². The molecule has 1 aromatic carbocycles. The lowest BCUT2D eigenvalue weighted by molar-refractivity contribution is -0.0265. The Morgan fingerprint density at radius 3 is 2.81 bits per heavy atom. The van der Waals surface area contributed by atoms with Crippen LogP contribution in [0.15, 0.2) is 52.2 Å². The van der Waals surface area contributed by atoms with Crippen LogP contribution in [-0.4, -0.2) is 25.7 Å². The van der Waals surface area contributed by atoms with Gasteiger partial charge in [0.15, 0.2) is 5.96 Å². The average molecular weight is 485 g/mol. The van der Waals surface area contributed by atoms with Gasteiger partial charge in [-0.2, -0.15) is 11.3 Å². The van der Waals surface area contributed by atoms with E-state index in [1.165, 1.54) is 17.5 Å². The van der Waals surface area contributed by atoms with Crippen LogP contribution in [-0.2, 0) is 11.3 Å². The molecule has 4 nitrogen and oxygen atoms in total. The maximum absolute atomic E-state index is 6.09. The molecule has 0 aliphatic carbocycles. The molecule has 1 aromatic heterocycles. The number of thiophene rings is 1. The van der Waals surface area contributed by atoms with Gasteiger partial charge in [-0.25, -0.2) is 4.99 Å². The van der Waals surface area contributed by atoms with E-state index in [9.17, 15) is 0 Å². The second kappa shape index (κ2) is 11.6. The molecule has 2 unspecified atom stereocenters. The number of rotatable bonds is 6. The molecule has 142 valence electrons. The quantitative estimate of drug-likeness (QED) is 0.358. The zero-order valence-electron chi connectivity index (χ0n) is 15.2. The van der Waals surface area contributed by atoms with Crippen LogP contribution in [0.2, 0.25) is 0 Å². The summed E-state index contributed by atoms with van der Waals surface area (Å²) in [6, 6.07) is 12.7. The number of aliphatic imine (C=N–C) groups is 1. The summed E-state index contributed by atoms with van der Waals surface area (Å²) in [4.78, 5) is 4.70. The minimum absolute atomic E-state index is 0. The highest BCUT2D eigenvalue weighted by Crippen LogP contribution is 2.33. The van der Waals surface area contributed by atoms with E-state index in [0.29, 0.717) is 12.5 Å². The molecule has 2 atom stereocenters. The molecule has 0 spiro atoms. The molecule has 1 aliphatic rings. The molecule has 0 saturated carbocycles. The summed E-state index contributed by atoms with van der Waals surface area (Å²) in [5.41, 5.74) is 2.53. The topological polar surface area (TPSA) is 45.7 Å². The van der Waals surface area contributed by atoms with E-state index in [-0.39, 0.29) is 30.1 Å². The average Bonchev–Trinajstić information content (AvgIpc) is 3.18. The summed E-state index contributed by atoms with van der Waals surface area (Å²) in [6.45, 7) is 5.39. The Labute approximate surface area is 177 Å². The zero-order chi connectivity index (χ0) is 17.3. The van der Waals surface area contributed by atoms with Crippen LogP contribution in [0.1, 0.15) is 37.0 Å². The molecule has 3 rings (SSSR count). The first-order valence-corrected chi connectivity index (χ1v) is 10.0. The Kier molecular flexibility index (Phi) is 9.42. The third-order valence-corrected chi connectivity index (χ3v) is 5.18. The molecule has 1 saturated heterocycles. The monoisotopic (exact) mass is 485 g/mol. The van der Waals surface area contributed by atoms with Crippen molar-refractivity contribution in [2.75, 3.05) is 19.7 Å². The highest BCUT2D eigenvalue weighted by atomic mass is 127. The Balaban J connectivity index is 0.00000243. The molecular formula is C20H28IN3OS. The molecule has 2 aromatic rings. The van der Waals surface area contributed by atoms with Crippen LogP contribution in [0.3, 0.4) is 0 Å². The van der Waals surface area contributed by atoms with E-state index in [4.69, 9.17) is 9.73 Å². The van der Waals surface area contributed by atoms with Gasteiger partial charge in [0.1, 0.15) is 0 Å². The smallest absolute Gasteiger partial charge is 0.191 e. The van der Waals surface area contributed by atoms with Crippen LogP contribution in [0.5, 0.6) is 0 Å². The predicted octanol–water partition coefficient (Wildman–Crippen LogP) is 4.59. The number of nitrogens with one attached hydrogen (secondary N) is 2. The standard InChI is InChI=1S/C20H27N3OS.HI/c1-2-21-20(22-13-16-10-12-25-15-16)23-14-18-9-6-11-24-19(18)17-7-4-3-5-8-17;/h3-5,7-8,10,12,15,18-19H,2,6,9,11,13-14H2,1H3,(H2,21,22,23);1H. The van der Waals surface area contributed by atoms with Gasteiger partial charge in [-0.05, 0) is 47.7 Å². The number of hydrogen-bond acceptors (Lipinski definition) is 3. The van der Waals surface area contributed by atoms with E-state index < -0.39 is 0 Å². The van der Waals surface area contributed by atoms with Gasteiger partial charge in [-0.15, -0.1) is 24.0 Å².